The van der Waals surface area contributed by atoms with Crippen molar-refractivity contribution >= 4 is 31.8 Å². The van der Waals surface area contributed by atoms with E-state index in [9.17, 15) is 19.8 Å². The van der Waals surface area contributed by atoms with Crippen molar-refractivity contribution < 1.29 is 24.5 Å². The Morgan fingerprint density at radius 2 is 1.91 bits per heavy atom. The molecule has 8 nitrogen and oxygen atoms in total. The van der Waals surface area contributed by atoms with Gasteiger partial charge in [0.15, 0.2) is 0 Å². The van der Waals surface area contributed by atoms with Gasteiger partial charge in [0.2, 0.25) is 0 Å². The van der Waals surface area contributed by atoms with E-state index < -0.39 is 13.7 Å². The lowest BCUT2D eigenvalue weighted by molar-refractivity contribution is -0.0562. The van der Waals surface area contributed by atoms with Crippen molar-refractivity contribution in [3.63, 3.8) is 0 Å². The van der Waals surface area contributed by atoms with Crippen LogP contribution in [0.4, 0.5) is 9.59 Å². The van der Waals surface area contributed by atoms with Crippen molar-refractivity contribution in [3.8, 4) is 0 Å². The summed E-state index contributed by atoms with van der Waals surface area (Å²) < 4.78 is 5.58. The monoisotopic (exact) mass is 637 g/mol. The highest BCUT2D eigenvalue weighted by molar-refractivity contribution is 6.76. The van der Waals surface area contributed by atoms with Crippen LogP contribution in [0.25, 0.3) is 0 Å². The Hall–Kier alpha value is -1.81. The normalized spacial score (nSPS) is 20.3. The van der Waals surface area contributed by atoms with Crippen LogP contribution in [0.5, 0.6) is 0 Å². The number of likely N-dealkylation sites (tertiary alicyclic amines) is 1. The van der Waals surface area contributed by atoms with Gasteiger partial charge in [-0.3, -0.25) is 0 Å². The van der Waals surface area contributed by atoms with Gasteiger partial charge in [-0.2, -0.15) is 0 Å². The number of carbonyl (C=O) groups is 2. The summed E-state index contributed by atoms with van der Waals surface area (Å²) in [6, 6.07) is 7.97. The zero-order valence-corrected chi connectivity index (χ0v) is 28.7. The SMILES string of the molecule is CN(C[C@H](CC1CCCCC1)NC(=O)N1CCC[C@@H]([C@@](O)(CCCCO)c2cccc(Cl)c2)C1)C(=O)OCC[Si](C)(C)C. The molecule has 1 aliphatic heterocycles. The standard InChI is InChI=1S/C33H56ClN3O5Si/c1-36(32(40)42-20-21-43(2,3)4)25-30(22-26-12-6-5-7-13-26)35-31(39)37-18-11-15-28(24-37)33(41,17-8-9-19-38)27-14-10-16-29(34)23-27/h10,14,16,23,26,28,30,38,41H,5-9,11-13,15,17-22,24-25H2,1-4H3,(H,35,39)/t28-,30+,33-/m1/s1. The van der Waals surface area contributed by atoms with E-state index in [4.69, 9.17) is 16.3 Å². The summed E-state index contributed by atoms with van der Waals surface area (Å²) in [4.78, 5) is 30.0. The Kier molecular flexibility index (Phi) is 14.1. The van der Waals surface area contributed by atoms with E-state index in [2.05, 4.69) is 25.0 Å². The number of ether oxygens (including phenoxy) is 1. The van der Waals surface area contributed by atoms with Crippen LogP contribution in [0.15, 0.2) is 24.3 Å². The maximum absolute atomic E-state index is 13.8. The average molecular weight is 638 g/mol. The molecule has 3 rings (SSSR count). The Morgan fingerprint density at radius 1 is 1.16 bits per heavy atom. The predicted octanol–water partition coefficient (Wildman–Crippen LogP) is 6.86. The number of carbonyl (C=O) groups excluding carboxylic acids is 2. The Labute approximate surface area is 265 Å². The third kappa shape index (κ3) is 11.6. The summed E-state index contributed by atoms with van der Waals surface area (Å²) in [6.45, 7) is 8.74. The second-order valence-electron chi connectivity index (χ2n) is 14.1. The first-order valence-corrected chi connectivity index (χ1v) is 20.5. The van der Waals surface area contributed by atoms with Gasteiger partial charge in [-0.25, -0.2) is 9.59 Å². The van der Waals surface area contributed by atoms with Gasteiger partial charge in [0.05, 0.1) is 12.2 Å². The number of likely N-dealkylation sites (N-methyl/N-ethyl adjacent to an activating group) is 1. The summed E-state index contributed by atoms with van der Waals surface area (Å²) in [5, 5.41) is 25.3. The van der Waals surface area contributed by atoms with Gasteiger partial charge in [0.25, 0.3) is 0 Å². The van der Waals surface area contributed by atoms with Crippen LogP contribution < -0.4 is 5.32 Å². The van der Waals surface area contributed by atoms with E-state index >= 15 is 0 Å². The maximum atomic E-state index is 13.8. The number of hydrogen-bond acceptors (Lipinski definition) is 5. The van der Waals surface area contributed by atoms with Crippen molar-refractivity contribution in [2.24, 2.45) is 11.8 Å². The molecule has 0 unspecified atom stereocenters. The van der Waals surface area contributed by atoms with Crippen LogP contribution in [0, 0.1) is 11.8 Å². The number of unbranched alkanes of at least 4 members (excludes halogenated alkanes) is 1. The van der Waals surface area contributed by atoms with Gasteiger partial charge < -0.3 is 30.1 Å². The molecule has 244 valence electrons. The fourth-order valence-electron chi connectivity index (χ4n) is 6.63. The number of nitrogens with one attached hydrogen (secondary N) is 1. The highest BCUT2D eigenvalue weighted by Crippen LogP contribution is 2.40. The van der Waals surface area contributed by atoms with Gasteiger partial charge in [-0.05, 0) is 68.2 Å². The van der Waals surface area contributed by atoms with E-state index in [0.29, 0.717) is 56.4 Å². The molecule has 1 aromatic rings. The molecule has 0 radical (unpaired) electrons. The minimum atomic E-state index is -1.31. The summed E-state index contributed by atoms with van der Waals surface area (Å²) in [6.07, 6.45) is 9.86. The summed E-state index contributed by atoms with van der Waals surface area (Å²) in [7, 11) is 0.446. The van der Waals surface area contributed by atoms with Crippen LogP contribution in [0.2, 0.25) is 30.7 Å². The molecule has 3 atom stereocenters. The highest BCUT2D eigenvalue weighted by Gasteiger charge is 2.41. The first-order valence-electron chi connectivity index (χ1n) is 16.4. The number of piperidine rings is 1. The molecule has 0 aromatic heterocycles. The number of urea groups is 1. The highest BCUT2D eigenvalue weighted by atomic mass is 35.5. The van der Waals surface area contributed by atoms with Crippen LogP contribution in [-0.2, 0) is 10.3 Å². The average Bonchev–Trinajstić information content (AvgIpc) is 2.97. The number of benzene rings is 1. The number of aliphatic hydroxyl groups is 2. The number of rotatable bonds is 14. The first-order chi connectivity index (χ1) is 20.4. The fourth-order valence-corrected chi connectivity index (χ4v) is 7.53. The molecule has 43 heavy (non-hydrogen) atoms. The Morgan fingerprint density at radius 3 is 2.58 bits per heavy atom. The van der Waals surface area contributed by atoms with Gasteiger partial charge in [-0.1, -0.05) is 75.5 Å². The number of hydrogen-bond donors (Lipinski definition) is 3. The van der Waals surface area contributed by atoms with Crippen molar-refractivity contribution in [1.29, 1.82) is 0 Å². The van der Waals surface area contributed by atoms with E-state index in [0.717, 1.165) is 43.7 Å². The van der Waals surface area contributed by atoms with E-state index in [1.165, 1.54) is 19.3 Å². The molecule has 2 aliphatic rings. The number of halogens is 1. The minimum absolute atomic E-state index is 0.0769. The lowest BCUT2D eigenvalue weighted by Gasteiger charge is -2.43. The lowest BCUT2D eigenvalue weighted by Crippen LogP contribution is -2.54. The molecule has 3 N–H and O–H groups in total. The summed E-state index contributed by atoms with van der Waals surface area (Å²) >= 11 is 6.32. The molecule has 1 saturated carbocycles. The van der Waals surface area contributed by atoms with Gasteiger partial charge in [0, 0.05) is 58.3 Å². The third-order valence-corrected chi connectivity index (χ3v) is 11.2. The number of nitrogens with zero attached hydrogens (tertiary/aromatic N) is 2. The topological polar surface area (TPSA) is 102 Å². The van der Waals surface area contributed by atoms with Crippen molar-refractivity contribution in [3.05, 3.63) is 34.9 Å². The largest absolute Gasteiger partial charge is 0.450 e. The molecule has 2 fully saturated rings. The molecule has 1 aromatic carbocycles. The van der Waals surface area contributed by atoms with Gasteiger partial charge in [0.1, 0.15) is 0 Å². The number of aliphatic hydroxyl groups excluding tert-OH is 1. The second-order valence-corrected chi connectivity index (χ2v) is 20.1. The van der Waals surface area contributed by atoms with E-state index in [1.54, 1.807) is 18.0 Å². The third-order valence-electron chi connectivity index (χ3n) is 9.23. The summed E-state index contributed by atoms with van der Waals surface area (Å²) in [5.74, 6) is 0.369. The molecule has 1 saturated heterocycles. The van der Waals surface area contributed by atoms with Crippen LogP contribution in [0.3, 0.4) is 0 Å². The molecule has 1 heterocycles. The fraction of sp³-hybridized carbons (Fsp3) is 0.758. The van der Waals surface area contributed by atoms with Gasteiger partial charge in [-0.15, -0.1) is 0 Å². The van der Waals surface area contributed by atoms with Crippen LogP contribution in [-0.4, -0.2) is 86.1 Å². The Balaban J connectivity index is 1.69. The van der Waals surface area contributed by atoms with Gasteiger partial charge >= 0.3 is 12.1 Å². The molecule has 10 heteroatoms. The quantitative estimate of drug-likeness (QED) is 0.153. The van der Waals surface area contributed by atoms with Crippen molar-refractivity contribution in [2.45, 2.75) is 108 Å². The van der Waals surface area contributed by atoms with Crippen molar-refractivity contribution in [1.82, 2.24) is 15.1 Å². The van der Waals surface area contributed by atoms with Crippen molar-refractivity contribution in [2.75, 3.05) is 39.9 Å². The first kappa shape index (κ1) is 35.7. The zero-order valence-electron chi connectivity index (χ0n) is 27.0. The van der Waals surface area contributed by atoms with Crippen LogP contribution >= 0.6 is 11.6 Å². The molecule has 0 spiro atoms. The molecule has 1 aliphatic carbocycles. The summed E-state index contributed by atoms with van der Waals surface area (Å²) in [5.41, 5.74) is -0.393. The smallest absolute Gasteiger partial charge is 0.409 e. The Bertz CT molecular complexity index is 1020. The zero-order chi connectivity index (χ0) is 31.5. The van der Waals surface area contributed by atoms with E-state index in [1.807, 2.05) is 23.1 Å². The maximum Gasteiger partial charge on any atom is 0.409 e. The molecular formula is C33H56ClN3O5Si. The predicted molar refractivity (Wildman–Crippen MR) is 176 cm³/mol. The van der Waals surface area contributed by atoms with Crippen LogP contribution in [0.1, 0.15) is 76.2 Å². The molecule has 0 bridgehead atoms. The minimum Gasteiger partial charge on any atom is -0.450 e. The lowest BCUT2D eigenvalue weighted by atomic mass is 9.74. The molecule has 3 amide bonds. The van der Waals surface area contributed by atoms with E-state index in [-0.39, 0.29) is 30.7 Å². The number of amides is 3. The molecular weight excluding hydrogens is 582 g/mol. The second kappa shape index (κ2) is 17.0.